The average Bonchev–Trinajstić information content (AvgIpc) is 2.46. The fourth-order valence-corrected chi connectivity index (χ4v) is 2.34. The Morgan fingerprint density at radius 1 is 1.17 bits per heavy atom. The molecule has 0 aromatic rings. The summed E-state index contributed by atoms with van der Waals surface area (Å²) >= 11 is 0. The van der Waals surface area contributed by atoms with Crippen molar-refractivity contribution in [2.24, 2.45) is 5.92 Å². The first-order valence-corrected chi connectivity index (χ1v) is 8.11. The van der Waals surface area contributed by atoms with Gasteiger partial charge in [0.2, 0.25) is 0 Å². The number of aliphatic hydroxyl groups is 1. The van der Waals surface area contributed by atoms with Gasteiger partial charge in [0.15, 0.2) is 0 Å². The Morgan fingerprint density at radius 2 is 1.74 bits per heavy atom. The third-order valence-corrected chi connectivity index (χ3v) is 3.80. The number of carboxylic acid groups (broad SMARTS) is 1. The third kappa shape index (κ3) is 6.81. The number of hydrogen-bond donors (Lipinski definition) is 2. The summed E-state index contributed by atoms with van der Waals surface area (Å²) in [5.41, 5.74) is 0. The van der Waals surface area contributed by atoms with Gasteiger partial charge in [0, 0.05) is 7.05 Å². The van der Waals surface area contributed by atoms with Crippen LogP contribution in [0.1, 0.15) is 59.3 Å². The van der Waals surface area contributed by atoms with Gasteiger partial charge in [-0.05, 0) is 18.8 Å². The van der Waals surface area contributed by atoms with Crippen LogP contribution in [0.3, 0.4) is 0 Å². The molecule has 0 bridgehead atoms. The summed E-state index contributed by atoms with van der Waals surface area (Å²) in [5, 5.41) is 18.8. The smallest absolute Gasteiger partial charge is 0.349 e. The van der Waals surface area contributed by atoms with E-state index >= 15 is 0 Å². The van der Waals surface area contributed by atoms with E-state index < -0.39 is 29.9 Å². The molecule has 0 aliphatic heterocycles. The maximum Gasteiger partial charge on any atom is 0.349 e. The minimum atomic E-state index is -3.98. The fourth-order valence-electron chi connectivity index (χ4n) is 2.34. The van der Waals surface area contributed by atoms with E-state index in [2.05, 4.69) is 0 Å². The van der Waals surface area contributed by atoms with Gasteiger partial charge in [-0.15, -0.1) is 0 Å². The Morgan fingerprint density at radius 3 is 2.17 bits per heavy atom. The minimum absolute atomic E-state index is 0.0697. The van der Waals surface area contributed by atoms with E-state index in [1.54, 1.807) is 13.8 Å². The lowest BCUT2D eigenvalue weighted by Gasteiger charge is -2.31. The predicted octanol–water partition coefficient (Wildman–Crippen LogP) is 2.91. The zero-order valence-electron chi connectivity index (χ0n) is 14.4. The summed E-state index contributed by atoms with van der Waals surface area (Å²) in [6.45, 7) is 5.47. The molecule has 136 valence electrons. The molecule has 0 aliphatic rings. The predicted molar refractivity (Wildman–Crippen MR) is 83.4 cm³/mol. The number of alkyl halides is 2. The molecule has 0 aromatic heterocycles. The van der Waals surface area contributed by atoms with E-state index in [9.17, 15) is 23.5 Å². The van der Waals surface area contributed by atoms with Crippen LogP contribution >= 0.6 is 0 Å². The number of likely N-dealkylation sites (N-methyl/N-ethyl adjacent to an activating group) is 1. The largest absolute Gasteiger partial charge is 0.480 e. The van der Waals surface area contributed by atoms with Crippen LogP contribution < -0.4 is 0 Å². The number of nitrogens with zero attached hydrogens (tertiary/aromatic N) is 1. The first kappa shape index (κ1) is 21.8. The Hall–Kier alpha value is -1.24. The van der Waals surface area contributed by atoms with Crippen LogP contribution in [-0.2, 0) is 9.59 Å². The van der Waals surface area contributed by atoms with Crippen LogP contribution in [0.2, 0.25) is 0 Å². The highest BCUT2D eigenvalue weighted by molar-refractivity contribution is 5.88. The van der Waals surface area contributed by atoms with Crippen molar-refractivity contribution in [3.8, 4) is 0 Å². The molecule has 0 heterocycles. The second-order valence-corrected chi connectivity index (χ2v) is 6.39. The van der Waals surface area contributed by atoms with Crippen molar-refractivity contribution in [3.63, 3.8) is 0 Å². The fraction of sp³-hybridized carbons (Fsp3) is 0.875. The number of carbonyl (C=O) groups is 2. The molecule has 0 saturated heterocycles. The second kappa shape index (κ2) is 9.80. The number of carboxylic acids is 1. The highest BCUT2D eigenvalue weighted by atomic mass is 19.3. The van der Waals surface area contributed by atoms with Gasteiger partial charge in [-0.3, -0.25) is 4.79 Å². The molecule has 5 nitrogen and oxygen atoms in total. The zero-order chi connectivity index (χ0) is 18.2. The van der Waals surface area contributed by atoms with Crippen LogP contribution in [-0.4, -0.2) is 52.1 Å². The molecule has 0 aliphatic carbocycles. The molecule has 2 atom stereocenters. The van der Waals surface area contributed by atoms with Crippen LogP contribution in [0.15, 0.2) is 0 Å². The Bertz CT molecular complexity index is 388. The van der Waals surface area contributed by atoms with Gasteiger partial charge in [0.25, 0.3) is 5.91 Å². The summed E-state index contributed by atoms with van der Waals surface area (Å²) < 4.78 is 28.2. The van der Waals surface area contributed by atoms with Gasteiger partial charge in [-0.1, -0.05) is 46.5 Å². The normalized spacial score (nSPS) is 14.6. The first-order valence-electron chi connectivity index (χ1n) is 8.11. The summed E-state index contributed by atoms with van der Waals surface area (Å²) in [6, 6.07) is -1.33. The molecule has 2 N–H and O–H groups in total. The van der Waals surface area contributed by atoms with Crippen LogP contribution in [0.4, 0.5) is 8.78 Å². The molecule has 1 amide bonds. The van der Waals surface area contributed by atoms with E-state index in [-0.39, 0.29) is 18.8 Å². The summed E-state index contributed by atoms with van der Waals surface area (Å²) in [7, 11) is 1.04. The van der Waals surface area contributed by atoms with E-state index in [0.29, 0.717) is 17.7 Å². The van der Waals surface area contributed by atoms with Crippen molar-refractivity contribution in [1.29, 1.82) is 0 Å². The standard InChI is InChI=1S/C16H29F2NO4/c1-5-6-7-8-9-13(20)16(17,18)15(23)19(4)12(14(21)22)10-11(2)3/h11-13,20H,5-10H2,1-4H3,(H,21,22)/t12-,13?/m0/s1. The number of aliphatic hydroxyl groups excluding tert-OH is 1. The summed E-state index contributed by atoms with van der Waals surface area (Å²) in [6.07, 6.45) is 0.706. The van der Waals surface area contributed by atoms with Crippen molar-refractivity contribution < 1.29 is 28.6 Å². The highest BCUT2D eigenvalue weighted by Gasteiger charge is 2.49. The van der Waals surface area contributed by atoms with Crippen LogP contribution in [0.25, 0.3) is 0 Å². The molecule has 0 rings (SSSR count). The van der Waals surface area contributed by atoms with Crippen molar-refractivity contribution in [2.45, 2.75) is 77.4 Å². The molecule has 0 radical (unpaired) electrons. The molecule has 0 fully saturated rings. The zero-order valence-corrected chi connectivity index (χ0v) is 14.4. The average molecular weight is 337 g/mol. The lowest BCUT2D eigenvalue weighted by molar-refractivity contribution is -0.179. The van der Waals surface area contributed by atoms with Crippen molar-refractivity contribution >= 4 is 11.9 Å². The van der Waals surface area contributed by atoms with E-state index in [0.717, 1.165) is 19.9 Å². The molecular weight excluding hydrogens is 308 g/mol. The third-order valence-electron chi connectivity index (χ3n) is 3.80. The Balaban J connectivity index is 4.88. The molecule has 0 saturated carbocycles. The molecular formula is C16H29F2NO4. The van der Waals surface area contributed by atoms with E-state index in [1.165, 1.54) is 0 Å². The molecule has 0 aromatic carbocycles. The van der Waals surface area contributed by atoms with Crippen molar-refractivity contribution in [1.82, 2.24) is 4.90 Å². The number of halogens is 2. The van der Waals surface area contributed by atoms with Gasteiger partial charge in [-0.25, -0.2) is 4.79 Å². The maximum absolute atomic E-state index is 14.1. The number of unbranched alkanes of at least 4 members (excludes halogenated alkanes) is 3. The van der Waals surface area contributed by atoms with E-state index in [1.807, 2.05) is 6.92 Å². The Labute approximate surface area is 136 Å². The second-order valence-electron chi connectivity index (χ2n) is 6.39. The van der Waals surface area contributed by atoms with Gasteiger partial charge < -0.3 is 15.1 Å². The van der Waals surface area contributed by atoms with Crippen LogP contribution in [0, 0.1) is 5.92 Å². The number of rotatable bonds is 11. The highest BCUT2D eigenvalue weighted by Crippen LogP contribution is 2.27. The number of carbonyl (C=O) groups excluding carboxylic acids is 1. The van der Waals surface area contributed by atoms with E-state index in [4.69, 9.17) is 5.11 Å². The molecule has 23 heavy (non-hydrogen) atoms. The lowest BCUT2D eigenvalue weighted by atomic mass is 10.00. The number of amides is 1. The number of aliphatic carboxylic acids is 1. The SMILES string of the molecule is CCCCCCC(O)C(F)(F)C(=O)N(C)[C@@H](CC(C)C)C(=O)O. The monoisotopic (exact) mass is 337 g/mol. The lowest BCUT2D eigenvalue weighted by Crippen LogP contribution is -2.54. The van der Waals surface area contributed by atoms with Crippen molar-refractivity contribution in [2.75, 3.05) is 7.05 Å². The molecule has 7 heteroatoms. The van der Waals surface area contributed by atoms with Gasteiger partial charge in [-0.2, -0.15) is 8.78 Å². The van der Waals surface area contributed by atoms with Crippen LogP contribution in [0.5, 0.6) is 0 Å². The van der Waals surface area contributed by atoms with Gasteiger partial charge >= 0.3 is 11.9 Å². The Kier molecular flexibility index (Phi) is 9.27. The molecule has 0 spiro atoms. The quantitative estimate of drug-likeness (QED) is 0.568. The first-order chi connectivity index (χ1) is 10.6. The van der Waals surface area contributed by atoms with Gasteiger partial charge in [0.05, 0.1) is 0 Å². The maximum atomic E-state index is 14.1. The van der Waals surface area contributed by atoms with Gasteiger partial charge in [0.1, 0.15) is 12.1 Å². The summed E-state index contributed by atoms with van der Waals surface area (Å²) in [5.74, 6) is -7.03. The number of hydrogen-bond acceptors (Lipinski definition) is 3. The topological polar surface area (TPSA) is 77.8 Å². The minimum Gasteiger partial charge on any atom is -0.480 e. The summed E-state index contributed by atoms with van der Waals surface area (Å²) in [4.78, 5) is 23.7. The van der Waals surface area contributed by atoms with Crippen molar-refractivity contribution in [3.05, 3.63) is 0 Å². The molecule has 1 unspecified atom stereocenters.